The largest absolute Gasteiger partial charge is 0.379 e. The molecule has 0 aliphatic carbocycles. The minimum absolute atomic E-state index is 0.224. The number of rotatable bonds is 3. The van der Waals surface area contributed by atoms with Crippen LogP contribution in [0.2, 0.25) is 10.0 Å². The van der Waals surface area contributed by atoms with E-state index in [0.717, 1.165) is 5.56 Å². The van der Waals surface area contributed by atoms with E-state index in [4.69, 9.17) is 28.5 Å². The fourth-order valence-electron chi connectivity index (χ4n) is 1.65. The topological polar surface area (TPSA) is 35.8 Å². The molecule has 0 radical (unpaired) electrons. The van der Waals surface area contributed by atoms with Crippen LogP contribution >= 0.6 is 23.2 Å². The Morgan fingerprint density at radius 2 is 1.84 bits per heavy atom. The van der Waals surface area contributed by atoms with Crippen molar-refractivity contribution in [3.05, 3.63) is 63.4 Å². The van der Waals surface area contributed by atoms with E-state index >= 15 is 0 Å². The molecule has 0 unspecified atom stereocenters. The van der Waals surface area contributed by atoms with E-state index in [2.05, 4.69) is 11.4 Å². The van der Waals surface area contributed by atoms with E-state index in [9.17, 15) is 4.39 Å². The SMILES string of the molecule is N#Cc1cccc(CNc2c(Cl)cc(F)cc2Cl)c1. The summed E-state index contributed by atoms with van der Waals surface area (Å²) in [6.07, 6.45) is 0. The van der Waals surface area contributed by atoms with Gasteiger partial charge in [0.25, 0.3) is 0 Å². The molecule has 0 fully saturated rings. The van der Waals surface area contributed by atoms with Crippen molar-refractivity contribution in [3.63, 3.8) is 0 Å². The molecular formula is C14H9Cl2FN2. The summed E-state index contributed by atoms with van der Waals surface area (Å²) in [5.41, 5.74) is 1.97. The number of nitrogens with zero attached hydrogens (tertiary/aromatic N) is 1. The second kappa shape index (κ2) is 5.92. The molecule has 2 nitrogen and oxygen atoms in total. The third-order valence-corrected chi connectivity index (χ3v) is 3.13. The van der Waals surface area contributed by atoms with Crippen LogP contribution in [0.3, 0.4) is 0 Å². The molecule has 19 heavy (non-hydrogen) atoms. The van der Waals surface area contributed by atoms with Crippen LogP contribution in [-0.4, -0.2) is 0 Å². The number of nitriles is 1. The van der Waals surface area contributed by atoms with Crippen molar-refractivity contribution in [2.24, 2.45) is 0 Å². The van der Waals surface area contributed by atoms with E-state index in [1.54, 1.807) is 18.2 Å². The van der Waals surface area contributed by atoms with Gasteiger partial charge in [-0.25, -0.2) is 4.39 Å². The monoisotopic (exact) mass is 294 g/mol. The van der Waals surface area contributed by atoms with Gasteiger partial charge in [-0.3, -0.25) is 0 Å². The Bertz CT molecular complexity index is 627. The Morgan fingerprint density at radius 3 is 2.47 bits per heavy atom. The van der Waals surface area contributed by atoms with Gasteiger partial charge < -0.3 is 5.32 Å². The molecular weight excluding hydrogens is 286 g/mol. The van der Waals surface area contributed by atoms with E-state index in [1.165, 1.54) is 12.1 Å². The normalized spacial score (nSPS) is 10.0. The lowest BCUT2D eigenvalue weighted by molar-refractivity contribution is 0.628. The van der Waals surface area contributed by atoms with Crippen LogP contribution in [0.1, 0.15) is 11.1 Å². The van der Waals surface area contributed by atoms with Crippen molar-refractivity contribution in [1.82, 2.24) is 0 Å². The van der Waals surface area contributed by atoms with Gasteiger partial charge in [0.1, 0.15) is 5.82 Å². The van der Waals surface area contributed by atoms with Gasteiger partial charge in [0.05, 0.1) is 27.4 Å². The van der Waals surface area contributed by atoms with Crippen molar-refractivity contribution in [1.29, 1.82) is 5.26 Å². The second-order valence-corrected chi connectivity index (χ2v) is 4.72. The highest BCUT2D eigenvalue weighted by atomic mass is 35.5. The fraction of sp³-hybridized carbons (Fsp3) is 0.0714. The summed E-state index contributed by atoms with van der Waals surface area (Å²) in [5.74, 6) is -0.480. The number of hydrogen-bond donors (Lipinski definition) is 1. The summed E-state index contributed by atoms with van der Waals surface area (Å²) in [4.78, 5) is 0. The zero-order valence-electron chi connectivity index (χ0n) is 9.75. The Kier molecular flexibility index (Phi) is 4.26. The first-order valence-electron chi connectivity index (χ1n) is 5.47. The van der Waals surface area contributed by atoms with Gasteiger partial charge in [0, 0.05) is 6.54 Å². The van der Waals surface area contributed by atoms with Crippen LogP contribution in [0, 0.1) is 17.1 Å². The molecule has 0 saturated heterocycles. The van der Waals surface area contributed by atoms with Crippen molar-refractivity contribution < 1.29 is 4.39 Å². The maximum Gasteiger partial charge on any atom is 0.126 e. The van der Waals surface area contributed by atoms with Crippen LogP contribution in [0.4, 0.5) is 10.1 Å². The zero-order chi connectivity index (χ0) is 13.8. The molecule has 0 aromatic heterocycles. The van der Waals surface area contributed by atoms with Crippen molar-refractivity contribution in [2.45, 2.75) is 6.54 Å². The van der Waals surface area contributed by atoms with E-state index in [-0.39, 0.29) is 10.0 Å². The van der Waals surface area contributed by atoms with Crippen molar-refractivity contribution >= 4 is 28.9 Å². The van der Waals surface area contributed by atoms with Crippen molar-refractivity contribution in [3.8, 4) is 6.07 Å². The highest BCUT2D eigenvalue weighted by molar-refractivity contribution is 6.39. The van der Waals surface area contributed by atoms with Crippen LogP contribution in [0.25, 0.3) is 0 Å². The number of halogens is 3. The summed E-state index contributed by atoms with van der Waals surface area (Å²) in [6.45, 7) is 0.445. The number of hydrogen-bond acceptors (Lipinski definition) is 2. The lowest BCUT2D eigenvalue weighted by Gasteiger charge is -2.10. The highest BCUT2D eigenvalue weighted by Gasteiger charge is 2.08. The van der Waals surface area contributed by atoms with Gasteiger partial charge in [0.2, 0.25) is 0 Å². The van der Waals surface area contributed by atoms with Crippen LogP contribution in [0.5, 0.6) is 0 Å². The molecule has 2 aromatic rings. The molecule has 0 saturated carbocycles. The van der Waals surface area contributed by atoms with E-state index in [1.807, 2.05) is 6.07 Å². The van der Waals surface area contributed by atoms with E-state index in [0.29, 0.717) is 17.8 Å². The predicted molar refractivity (Wildman–Crippen MR) is 74.9 cm³/mol. The minimum Gasteiger partial charge on any atom is -0.379 e. The maximum atomic E-state index is 13.0. The molecule has 2 rings (SSSR count). The first-order chi connectivity index (χ1) is 9.10. The number of nitrogens with one attached hydrogen (secondary N) is 1. The number of anilines is 1. The molecule has 2 aromatic carbocycles. The molecule has 0 amide bonds. The van der Waals surface area contributed by atoms with Crippen molar-refractivity contribution in [2.75, 3.05) is 5.32 Å². The van der Waals surface area contributed by atoms with Gasteiger partial charge in [-0.05, 0) is 29.8 Å². The first-order valence-corrected chi connectivity index (χ1v) is 6.23. The van der Waals surface area contributed by atoms with Gasteiger partial charge >= 0.3 is 0 Å². The molecule has 0 spiro atoms. The third kappa shape index (κ3) is 3.37. The summed E-state index contributed by atoms with van der Waals surface area (Å²) in [5, 5.41) is 12.3. The summed E-state index contributed by atoms with van der Waals surface area (Å²) in [7, 11) is 0. The standard InChI is InChI=1S/C14H9Cl2FN2/c15-12-5-11(17)6-13(16)14(12)19-8-10-3-1-2-9(4-10)7-18/h1-6,19H,8H2. The summed E-state index contributed by atoms with van der Waals surface area (Å²) in [6, 6.07) is 11.6. The lowest BCUT2D eigenvalue weighted by Crippen LogP contribution is -2.01. The maximum absolute atomic E-state index is 13.0. The average molecular weight is 295 g/mol. The molecule has 0 heterocycles. The quantitative estimate of drug-likeness (QED) is 0.897. The summed E-state index contributed by atoms with van der Waals surface area (Å²) < 4.78 is 13.0. The smallest absolute Gasteiger partial charge is 0.126 e. The Labute approximate surface area is 120 Å². The molecule has 1 N–H and O–H groups in total. The van der Waals surface area contributed by atoms with Crippen LogP contribution < -0.4 is 5.32 Å². The van der Waals surface area contributed by atoms with Crippen LogP contribution in [-0.2, 0) is 6.54 Å². The Hall–Kier alpha value is -1.76. The Morgan fingerprint density at radius 1 is 1.16 bits per heavy atom. The van der Waals surface area contributed by atoms with Gasteiger partial charge in [0.15, 0.2) is 0 Å². The molecule has 0 bridgehead atoms. The zero-order valence-corrected chi connectivity index (χ0v) is 11.3. The fourth-order valence-corrected chi connectivity index (χ4v) is 2.25. The third-order valence-electron chi connectivity index (χ3n) is 2.53. The molecule has 0 aliphatic rings. The molecule has 5 heteroatoms. The first kappa shape index (κ1) is 13.7. The molecule has 96 valence electrons. The second-order valence-electron chi connectivity index (χ2n) is 3.91. The highest BCUT2D eigenvalue weighted by Crippen LogP contribution is 2.31. The Balaban J connectivity index is 2.17. The van der Waals surface area contributed by atoms with Gasteiger partial charge in [-0.1, -0.05) is 35.3 Å². The predicted octanol–water partition coefficient (Wildman–Crippen LogP) is 4.62. The number of benzene rings is 2. The van der Waals surface area contributed by atoms with E-state index < -0.39 is 5.82 Å². The summed E-state index contributed by atoms with van der Waals surface area (Å²) >= 11 is 11.8. The molecule has 0 atom stereocenters. The average Bonchev–Trinajstić information content (AvgIpc) is 2.37. The lowest BCUT2D eigenvalue weighted by atomic mass is 10.1. The van der Waals surface area contributed by atoms with Gasteiger partial charge in [-0.2, -0.15) is 5.26 Å². The van der Waals surface area contributed by atoms with Crippen LogP contribution in [0.15, 0.2) is 36.4 Å². The van der Waals surface area contributed by atoms with Gasteiger partial charge in [-0.15, -0.1) is 0 Å². The molecule has 0 aliphatic heterocycles. The minimum atomic E-state index is -0.480.